The van der Waals surface area contributed by atoms with E-state index in [0.29, 0.717) is 15.9 Å². The lowest BCUT2D eigenvalue weighted by atomic mass is 10.0. The van der Waals surface area contributed by atoms with Gasteiger partial charge in [-0.15, -0.1) is 0 Å². The van der Waals surface area contributed by atoms with E-state index in [-0.39, 0.29) is 0 Å². The number of fused-ring (bicyclic) bond motifs is 1. The minimum Gasteiger partial charge on any atom is -0.260 e. The van der Waals surface area contributed by atoms with E-state index in [9.17, 15) is 0 Å². The summed E-state index contributed by atoms with van der Waals surface area (Å²) >= 11 is 12.3. The predicted octanol–water partition coefficient (Wildman–Crippen LogP) is 5.74. The smallest absolute Gasteiger partial charge is 0.154 e. The fraction of sp³-hybridized carbons (Fsp3) is 0.0476. The van der Waals surface area contributed by atoms with Crippen LogP contribution in [-0.4, -0.2) is 11.5 Å². The van der Waals surface area contributed by atoms with Crippen LogP contribution in [0.1, 0.15) is 22.3 Å². The molecular weight excluding hydrogens is 365 g/mol. The Morgan fingerprint density at radius 3 is 2.15 bits per heavy atom. The van der Waals surface area contributed by atoms with Gasteiger partial charge in [-0.05, 0) is 37.3 Å². The number of nitrogens with zero attached hydrogens (tertiary/aromatic N) is 2. The van der Waals surface area contributed by atoms with Crippen molar-refractivity contribution in [1.29, 1.82) is 0 Å². The molecular formula is C21H15Cl2N3. The first kappa shape index (κ1) is 16.8. The molecule has 0 radical (unpaired) electrons. The zero-order valence-electron chi connectivity index (χ0n) is 14.0. The van der Waals surface area contributed by atoms with Crippen LogP contribution < -0.4 is 5.43 Å². The van der Waals surface area contributed by atoms with Gasteiger partial charge in [0.25, 0.3) is 0 Å². The number of rotatable bonds is 2. The molecule has 3 aromatic carbocycles. The molecule has 3 aromatic rings. The van der Waals surface area contributed by atoms with Crippen molar-refractivity contribution in [2.24, 2.45) is 10.1 Å². The molecule has 1 N–H and O–H groups in total. The van der Waals surface area contributed by atoms with E-state index in [2.05, 4.69) is 29.6 Å². The van der Waals surface area contributed by atoms with Crippen molar-refractivity contribution in [3.8, 4) is 0 Å². The number of aryl methyl sites for hydroxylation is 1. The molecule has 26 heavy (non-hydrogen) atoms. The molecule has 0 atom stereocenters. The van der Waals surface area contributed by atoms with Gasteiger partial charge in [0, 0.05) is 26.7 Å². The molecule has 0 aliphatic carbocycles. The number of hydrazone groups is 1. The van der Waals surface area contributed by atoms with E-state index in [1.54, 1.807) is 0 Å². The Balaban J connectivity index is 1.85. The molecule has 128 valence electrons. The number of halogens is 2. The SMILES string of the molecule is Cc1ccc(C2=Nc3ccc(Cl)cc3C(c3ccc(Cl)cc3)=NN2)cc1. The molecule has 0 saturated carbocycles. The summed E-state index contributed by atoms with van der Waals surface area (Å²) in [5, 5.41) is 5.94. The predicted molar refractivity (Wildman–Crippen MR) is 109 cm³/mol. The van der Waals surface area contributed by atoms with Crippen molar-refractivity contribution in [2.75, 3.05) is 0 Å². The third-order valence-corrected chi connectivity index (χ3v) is 4.65. The summed E-state index contributed by atoms with van der Waals surface area (Å²) in [4.78, 5) is 4.78. The number of hydrogen-bond acceptors (Lipinski definition) is 3. The molecule has 1 heterocycles. The second-order valence-electron chi connectivity index (χ2n) is 6.07. The summed E-state index contributed by atoms with van der Waals surface area (Å²) in [5.74, 6) is 0.692. The molecule has 0 saturated heterocycles. The van der Waals surface area contributed by atoms with E-state index >= 15 is 0 Å². The first-order valence-corrected chi connectivity index (χ1v) is 8.91. The van der Waals surface area contributed by atoms with Crippen molar-refractivity contribution in [2.45, 2.75) is 6.92 Å². The number of hydrogen-bond donors (Lipinski definition) is 1. The fourth-order valence-corrected chi connectivity index (χ4v) is 3.08. The monoisotopic (exact) mass is 379 g/mol. The lowest BCUT2D eigenvalue weighted by molar-refractivity contribution is 1.03. The Bertz CT molecular complexity index is 1020. The Kier molecular flexibility index (Phi) is 4.49. The van der Waals surface area contributed by atoms with Crippen molar-refractivity contribution in [1.82, 2.24) is 5.43 Å². The highest BCUT2D eigenvalue weighted by molar-refractivity contribution is 6.32. The van der Waals surface area contributed by atoms with Crippen LogP contribution in [-0.2, 0) is 0 Å². The highest BCUT2D eigenvalue weighted by atomic mass is 35.5. The second kappa shape index (κ2) is 6.94. The van der Waals surface area contributed by atoms with E-state index in [1.807, 2.05) is 54.6 Å². The number of benzene rings is 3. The second-order valence-corrected chi connectivity index (χ2v) is 6.94. The number of nitrogens with one attached hydrogen (secondary N) is 1. The van der Waals surface area contributed by atoms with E-state index in [4.69, 9.17) is 28.2 Å². The quantitative estimate of drug-likeness (QED) is 0.605. The zero-order chi connectivity index (χ0) is 18.1. The van der Waals surface area contributed by atoms with Crippen molar-refractivity contribution >= 4 is 40.4 Å². The maximum Gasteiger partial charge on any atom is 0.154 e. The summed E-state index contributed by atoms with van der Waals surface area (Å²) < 4.78 is 0. The van der Waals surface area contributed by atoms with Crippen LogP contribution in [0.15, 0.2) is 76.8 Å². The standard InChI is InChI=1S/C21H15Cl2N3/c1-13-2-4-15(5-3-13)21-24-19-11-10-17(23)12-18(19)20(25-26-21)14-6-8-16(22)9-7-14/h2-12H,1H3,(H,24,26). The fourth-order valence-electron chi connectivity index (χ4n) is 2.78. The maximum absolute atomic E-state index is 6.23. The molecule has 0 amide bonds. The third kappa shape index (κ3) is 3.36. The van der Waals surface area contributed by atoms with Crippen LogP contribution in [0.5, 0.6) is 0 Å². The van der Waals surface area contributed by atoms with E-state index < -0.39 is 0 Å². The molecule has 0 aromatic heterocycles. The van der Waals surface area contributed by atoms with Gasteiger partial charge in [-0.2, -0.15) is 5.10 Å². The summed E-state index contributed by atoms with van der Waals surface area (Å²) in [6.45, 7) is 2.06. The van der Waals surface area contributed by atoms with Gasteiger partial charge in [-0.3, -0.25) is 5.43 Å². The summed E-state index contributed by atoms with van der Waals surface area (Å²) in [7, 11) is 0. The molecule has 3 nitrogen and oxygen atoms in total. The average molecular weight is 380 g/mol. The summed E-state index contributed by atoms with van der Waals surface area (Å²) in [6.07, 6.45) is 0. The Morgan fingerprint density at radius 1 is 0.769 bits per heavy atom. The summed E-state index contributed by atoms with van der Waals surface area (Å²) in [6, 6.07) is 21.3. The maximum atomic E-state index is 6.23. The number of aliphatic imine (C=N–C) groups is 1. The molecule has 5 heteroatoms. The number of amidine groups is 1. The molecule has 1 aliphatic heterocycles. The summed E-state index contributed by atoms with van der Waals surface area (Å²) in [5.41, 5.74) is 8.66. The largest absolute Gasteiger partial charge is 0.260 e. The Hall–Kier alpha value is -2.62. The van der Waals surface area contributed by atoms with Crippen molar-refractivity contribution in [3.63, 3.8) is 0 Å². The normalized spacial score (nSPS) is 13.2. The van der Waals surface area contributed by atoms with Crippen LogP contribution in [0.4, 0.5) is 5.69 Å². The van der Waals surface area contributed by atoms with Gasteiger partial charge in [0.15, 0.2) is 5.84 Å². The molecule has 4 rings (SSSR count). The first-order valence-electron chi connectivity index (χ1n) is 8.15. The first-order chi connectivity index (χ1) is 12.6. The van der Waals surface area contributed by atoms with E-state index in [1.165, 1.54) is 5.56 Å². The molecule has 0 fully saturated rings. The molecule has 0 spiro atoms. The molecule has 0 unspecified atom stereocenters. The Labute approximate surface area is 162 Å². The molecule has 0 bridgehead atoms. The Morgan fingerprint density at radius 2 is 1.42 bits per heavy atom. The highest BCUT2D eigenvalue weighted by Crippen LogP contribution is 2.29. The lowest BCUT2D eigenvalue weighted by Gasteiger charge is -2.08. The average Bonchev–Trinajstić information content (AvgIpc) is 2.83. The van der Waals surface area contributed by atoms with Crippen LogP contribution >= 0.6 is 23.2 Å². The van der Waals surface area contributed by atoms with Crippen molar-refractivity contribution in [3.05, 3.63) is 99.0 Å². The van der Waals surface area contributed by atoms with Crippen LogP contribution in [0.3, 0.4) is 0 Å². The van der Waals surface area contributed by atoms with Crippen LogP contribution in [0, 0.1) is 6.92 Å². The lowest BCUT2D eigenvalue weighted by Crippen LogP contribution is -2.19. The minimum absolute atomic E-state index is 0.638. The van der Waals surface area contributed by atoms with E-state index in [0.717, 1.165) is 28.1 Å². The highest BCUT2D eigenvalue weighted by Gasteiger charge is 2.17. The topological polar surface area (TPSA) is 36.8 Å². The van der Waals surface area contributed by atoms with Gasteiger partial charge in [-0.1, -0.05) is 65.2 Å². The van der Waals surface area contributed by atoms with Gasteiger partial charge >= 0.3 is 0 Å². The van der Waals surface area contributed by atoms with Gasteiger partial charge in [-0.25, -0.2) is 4.99 Å². The van der Waals surface area contributed by atoms with Gasteiger partial charge < -0.3 is 0 Å². The van der Waals surface area contributed by atoms with Crippen molar-refractivity contribution < 1.29 is 0 Å². The zero-order valence-corrected chi connectivity index (χ0v) is 15.5. The molecule has 1 aliphatic rings. The van der Waals surface area contributed by atoms with Crippen LogP contribution in [0.25, 0.3) is 0 Å². The van der Waals surface area contributed by atoms with Gasteiger partial charge in [0.2, 0.25) is 0 Å². The van der Waals surface area contributed by atoms with Gasteiger partial charge in [0.1, 0.15) is 5.71 Å². The minimum atomic E-state index is 0.638. The van der Waals surface area contributed by atoms with Crippen LogP contribution in [0.2, 0.25) is 10.0 Å². The van der Waals surface area contributed by atoms with Gasteiger partial charge in [0.05, 0.1) is 5.69 Å². The third-order valence-electron chi connectivity index (χ3n) is 4.16.